The molecular weight excluding hydrogens is 348 g/mol. The van der Waals surface area contributed by atoms with Crippen molar-refractivity contribution in [3.8, 4) is 5.75 Å². The fraction of sp³-hybridized carbons (Fsp3) is 0.118. The van der Waals surface area contributed by atoms with Crippen LogP contribution >= 0.6 is 11.6 Å². The van der Waals surface area contributed by atoms with E-state index < -0.39 is 10.0 Å². The second kappa shape index (κ2) is 6.30. The van der Waals surface area contributed by atoms with Gasteiger partial charge in [-0.05, 0) is 30.7 Å². The summed E-state index contributed by atoms with van der Waals surface area (Å²) in [6, 6.07) is 13.9. The first-order chi connectivity index (χ1) is 11.4. The molecule has 24 heavy (non-hydrogen) atoms. The van der Waals surface area contributed by atoms with Gasteiger partial charge in [-0.15, -0.1) is 4.40 Å². The van der Waals surface area contributed by atoms with E-state index in [1.807, 2.05) is 6.07 Å². The number of halogens is 1. The van der Waals surface area contributed by atoms with E-state index in [1.54, 1.807) is 49.4 Å². The van der Waals surface area contributed by atoms with Crippen molar-refractivity contribution in [2.75, 3.05) is 12.4 Å². The maximum atomic E-state index is 12.5. The molecule has 124 valence electrons. The zero-order chi connectivity index (χ0) is 17.3. The minimum Gasteiger partial charge on any atom is -0.495 e. The van der Waals surface area contributed by atoms with E-state index >= 15 is 0 Å². The number of anilines is 1. The second-order valence-corrected chi connectivity index (χ2v) is 7.18. The van der Waals surface area contributed by atoms with Gasteiger partial charge in [-0.1, -0.05) is 41.9 Å². The Morgan fingerprint density at radius 3 is 2.50 bits per heavy atom. The highest BCUT2D eigenvalue weighted by molar-refractivity contribution is 8.00. The van der Waals surface area contributed by atoms with Gasteiger partial charge in [0.1, 0.15) is 16.5 Å². The number of hydrogen-bond acceptors (Lipinski definition) is 4. The minimum atomic E-state index is -3.76. The van der Waals surface area contributed by atoms with Crippen LogP contribution in [0.5, 0.6) is 5.75 Å². The van der Waals surface area contributed by atoms with Crippen LogP contribution in [0.15, 0.2) is 58.5 Å². The molecule has 7 heteroatoms. The van der Waals surface area contributed by atoms with Gasteiger partial charge in [-0.3, -0.25) is 0 Å². The SMILES string of the molecule is COc1ccc(Cl)cc1NC1=NS(=O)(=O)C(c2ccccc2)=C1C. The van der Waals surface area contributed by atoms with Gasteiger partial charge in [0.05, 0.1) is 12.8 Å². The molecule has 0 fully saturated rings. The first-order valence-corrected chi connectivity index (χ1v) is 8.96. The van der Waals surface area contributed by atoms with E-state index in [0.717, 1.165) is 0 Å². The van der Waals surface area contributed by atoms with Crippen molar-refractivity contribution in [3.05, 3.63) is 64.7 Å². The summed E-state index contributed by atoms with van der Waals surface area (Å²) in [5.41, 5.74) is 1.70. The molecule has 0 bridgehead atoms. The summed E-state index contributed by atoms with van der Waals surface area (Å²) in [6.07, 6.45) is 0. The Kier molecular flexibility index (Phi) is 4.34. The monoisotopic (exact) mass is 362 g/mol. The number of rotatable bonds is 3. The van der Waals surface area contributed by atoms with Gasteiger partial charge in [0, 0.05) is 10.6 Å². The van der Waals surface area contributed by atoms with Crippen LogP contribution in [0.4, 0.5) is 5.69 Å². The summed E-state index contributed by atoms with van der Waals surface area (Å²) in [5.74, 6) is 0.801. The first kappa shape index (κ1) is 16.5. The lowest BCUT2D eigenvalue weighted by atomic mass is 10.1. The average Bonchev–Trinajstić information content (AvgIpc) is 2.77. The molecule has 0 amide bonds. The van der Waals surface area contributed by atoms with E-state index in [1.165, 1.54) is 7.11 Å². The molecule has 5 nitrogen and oxygen atoms in total. The molecule has 0 atom stereocenters. The molecule has 2 aromatic rings. The molecular formula is C17H15ClN2O3S. The molecule has 0 saturated heterocycles. The van der Waals surface area contributed by atoms with E-state index in [-0.39, 0.29) is 10.7 Å². The molecule has 1 aliphatic rings. The number of methoxy groups -OCH3 is 1. The van der Waals surface area contributed by atoms with Crippen molar-refractivity contribution < 1.29 is 13.2 Å². The molecule has 0 unspecified atom stereocenters. The summed E-state index contributed by atoms with van der Waals surface area (Å²) >= 11 is 6.01. The van der Waals surface area contributed by atoms with Crippen LogP contribution in [0.1, 0.15) is 12.5 Å². The highest BCUT2D eigenvalue weighted by Crippen LogP contribution is 2.34. The van der Waals surface area contributed by atoms with Gasteiger partial charge in [0.15, 0.2) is 0 Å². The smallest absolute Gasteiger partial charge is 0.285 e. The lowest BCUT2D eigenvalue weighted by Gasteiger charge is -2.11. The van der Waals surface area contributed by atoms with Gasteiger partial charge in [0.25, 0.3) is 10.0 Å². The summed E-state index contributed by atoms with van der Waals surface area (Å²) in [5, 5.41) is 3.51. The summed E-state index contributed by atoms with van der Waals surface area (Å²) in [7, 11) is -2.23. The molecule has 0 aliphatic carbocycles. The molecule has 0 saturated carbocycles. The van der Waals surface area contributed by atoms with Crippen LogP contribution in [-0.2, 0) is 10.0 Å². The van der Waals surface area contributed by atoms with Crippen LogP contribution in [-0.4, -0.2) is 21.4 Å². The third kappa shape index (κ3) is 3.02. The largest absolute Gasteiger partial charge is 0.495 e. The number of hydrogen-bond donors (Lipinski definition) is 1. The highest BCUT2D eigenvalue weighted by atomic mass is 35.5. The van der Waals surface area contributed by atoms with Gasteiger partial charge < -0.3 is 10.1 Å². The van der Waals surface area contributed by atoms with Crippen molar-refractivity contribution in [1.82, 2.24) is 0 Å². The average molecular weight is 363 g/mol. The molecule has 0 radical (unpaired) electrons. The van der Waals surface area contributed by atoms with Crippen LogP contribution < -0.4 is 10.1 Å². The normalized spacial score (nSPS) is 16.0. The van der Waals surface area contributed by atoms with Gasteiger partial charge in [-0.25, -0.2) is 0 Å². The fourth-order valence-electron chi connectivity index (χ4n) is 2.51. The molecule has 0 spiro atoms. The Balaban J connectivity index is 2.05. The number of nitrogens with zero attached hydrogens (tertiary/aromatic N) is 1. The molecule has 1 N–H and O–H groups in total. The van der Waals surface area contributed by atoms with E-state index in [0.29, 0.717) is 27.6 Å². The quantitative estimate of drug-likeness (QED) is 0.898. The Bertz CT molecular complexity index is 951. The van der Waals surface area contributed by atoms with Crippen molar-refractivity contribution in [3.63, 3.8) is 0 Å². The summed E-state index contributed by atoms with van der Waals surface area (Å²) < 4.78 is 34.0. The van der Waals surface area contributed by atoms with Crippen LogP contribution in [0.2, 0.25) is 5.02 Å². The number of sulfonamides is 1. The van der Waals surface area contributed by atoms with Crippen LogP contribution in [0.3, 0.4) is 0 Å². The number of amidine groups is 1. The van der Waals surface area contributed by atoms with Crippen LogP contribution in [0.25, 0.3) is 4.91 Å². The van der Waals surface area contributed by atoms with E-state index in [4.69, 9.17) is 16.3 Å². The highest BCUT2D eigenvalue weighted by Gasteiger charge is 2.31. The number of nitrogens with one attached hydrogen (secondary N) is 1. The standard InChI is InChI=1S/C17H15ClN2O3S/c1-11-16(12-6-4-3-5-7-12)24(21,22)20-17(11)19-14-10-13(18)8-9-15(14)23-2/h3-10H,1-2H3,(H,19,20). The maximum absolute atomic E-state index is 12.5. The fourth-order valence-corrected chi connectivity index (χ4v) is 4.12. The topological polar surface area (TPSA) is 67.8 Å². The van der Waals surface area contributed by atoms with Crippen LogP contribution in [0, 0.1) is 0 Å². The predicted molar refractivity (Wildman–Crippen MR) is 97.0 cm³/mol. The zero-order valence-electron chi connectivity index (χ0n) is 13.1. The Hall–Kier alpha value is -2.31. The third-order valence-corrected chi connectivity index (χ3v) is 5.33. The summed E-state index contributed by atoms with van der Waals surface area (Å²) in [6.45, 7) is 1.72. The number of ether oxygens (including phenoxy) is 1. The Labute approximate surface area is 145 Å². The Morgan fingerprint density at radius 1 is 1.12 bits per heavy atom. The minimum absolute atomic E-state index is 0.201. The van der Waals surface area contributed by atoms with Crippen molar-refractivity contribution in [2.45, 2.75) is 6.92 Å². The molecule has 2 aromatic carbocycles. The third-order valence-electron chi connectivity index (χ3n) is 3.62. The first-order valence-electron chi connectivity index (χ1n) is 7.14. The maximum Gasteiger partial charge on any atom is 0.285 e. The lowest BCUT2D eigenvalue weighted by Crippen LogP contribution is -2.12. The van der Waals surface area contributed by atoms with Crippen molar-refractivity contribution >= 4 is 38.1 Å². The predicted octanol–water partition coefficient (Wildman–Crippen LogP) is 3.93. The van der Waals surface area contributed by atoms with E-state index in [2.05, 4.69) is 9.71 Å². The van der Waals surface area contributed by atoms with Crippen molar-refractivity contribution in [1.29, 1.82) is 0 Å². The molecule has 3 rings (SSSR count). The molecule has 1 heterocycles. The van der Waals surface area contributed by atoms with Gasteiger partial charge >= 0.3 is 0 Å². The zero-order valence-corrected chi connectivity index (χ0v) is 14.6. The molecule has 1 aliphatic heterocycles. The lowest BCUT2D eigenvalue weighted by molar-refractivity contribution is 0.417. The van der Waals surface area contributed by atoms with Crippen molar-refractivity contribution in [2.24, 2.45) is 4.40 Å². The second-order valence-electron chi connectivity index (χ2n) is 5.20. The molecule has 0 aromatic heterocycles. The van der Waals surface area contributed by atoms with Gasteiger partial charge in [-0.2, -0.15) is 8.42 Å². The Morgan fingerprint density at radius 2 is 1.83 bits per heavy atom. The van der Waals surface area contributed by atoms with Gasteiger partial charge in [0.2, 0.25) is 0 Å². The summed E-state index contributed by atoms with van der Waals surface area (Å²) in [4.78, 5) is 0.201. The van der Waals surface area contributed by atoms with E-state index in [9.17, 15) is 8.42 Å². The number of benzene rings is 2.